The molecule has 0 fully saturated rings. The van der Waals surface area contributed by atoms with Gasteiger partial charge in [-0.25, -0.2) is 0 Å². The molecule has 0 spiro atoms. The van der Waals surface area contributed by atoms with Crippen molar-refractivity contribution in [3.05, 3.63) is 40.0 Å². The van der Waals surface area contributed by atoms with E-state index in [0.717, 1.165) is 10.6 Å². The van der Waals surface area contributed by atoms with Crippen LogP contribution in [-0.4, -0.2) is 4.57 Å². The maximum atomic E-state index is 12.1. The first-order chi connectivity index (χ1) is 8.09. The Morgan fingerprint density at radius 3 is 2.71 bits per heavy atom. The lowest BCUT2D eigenvalue weighted by Crippen LogP contribution is -2.25. The third-order valence-corrected chi connectivity index (χ3v) is 3.42. The lowest BCUT2D eigenvalue weighted by molar-refractivity contribution is 0.516. The van der Waals surface area contributed by atoms with Gasteiger partial charge in [-0.15, -0.1) is 11.3 Å². The molecule has 0 saturated heterocycles. The van der Waals surface area contributed by atoms with E-state index in [1.165, 1.54) is 0 Å². The molecule has 0 bridgehead atoms. The zero-order chi connectivity index (χ0) is 12.4. The normalized spacial score (nSPS) is 11.0. The van der Waals surface area contributed by atoms with E-state index in [-0.39, 0.29) is 5.56 Å². The minimum Gasteiger partial charge on any atom is -0.394 e. The first kappa shape index (κ1) is 11.9. The SMILES string of the molecule is CC(C)Cn1c(-c2cccs2)ccc(N)c1=O. The molecule has 90 valence electrons. The van der Waals surface area contributed by atoms with Gasteiger partial charge in [0.25, 0.3) is 5.56 Å². The third kappa shape index (κ3) is 2.42. The van der Waals surface area contributed by atoms with Gasteiger partial charge in [0.05, 0.1) is 16.3 Å². The van der Waals surface area contributed by atoms with Gasteiger partial charge >= 0.3 is 0 Å². The summed E-state index contributed by atoms with van der Waals surface area (Å²) >= 11 is 1.63. The third-order valence-electron chi connectivity index (χ3n) is 2.53. The molecule has 0 aliphatic rings. The molecule has 0 aromatic carbocycles. The van der Waals surface area contributed by atoms with Crippen molar-refractivity contribution in [2.45, 2.75) is 20.4 Å². The number of hydrogen-bond acceptors (Lipinski definition) is 3. The van der Waals surface area contributed by atoms with Crippen LogP contribution in [0.25, 0.3) is 10.6 Å². The van der Waals surface area contributed by atoms with E-state index in [0.29, 0.717) is 18.2 Å². The summed E-state index contributed by atoms with van der Waals surface area (Å²) in [4.78, 5) is 13.2. The lowest BCUT2D eigenvalue weighted by atomic mass is 10.2. The average Bonchev–Trinajstić information content (AvgIpc) is 2.78. The molecular formula is C13H16N2OS. The molecule has 0 saturated carbocycles. The summed E-state index contributed by atoms with van der Waals surface area (Å²) in [6.07, 6.45) is 0. The maximum absolute atomic E-state index is 12.1. The van der Waals surface area contributed by atoms with Crippen molar-refractivity contribution in [2.24, 2.45) is 5.92 Å². The summed E-state index contributed by atoms with van der Waals surface area (Å²) in [7, 11) is 0. The summed E-state index contributed by atoms with van der Waals surface area (Å²) in [6, 6.07) is 7.62. The van der Waals surface area contributed by atoms with Gasteiger partial charge in [0, 0.05) is 6.54 Å². The zero-order valence-electron chi connectivity index (χ0n) is 10.0. The van der Waals surface area contributed by atoms with Crippen molar-refractivity contribution < 1.29 is 0 Å². The van der Waals surface area contributed by atoms with Gasteiger partial charge in [-0.2, -0.15) is 0 Å². The molecule has 0 amide bonds. The van der Waals surface area contributed by atoms with Gasteiger partial charge < -0.3 is 10.3 Å². The quantitative estimate of drug-likeness (QED) is 0.908. The predicted molar refractivity (Wildman–Crippen MR) is 73.3 cm³/mol. The van der Waals surface area contributed by atoms with Crippen molar-refractivity contribution in [3.8, 4) is 10.6 Å². The molecule has 2 rings (SSSR count). The first-order valence-electron chi connectivity index (χ1n) is 5.63. The Hall–Kier alpha value is -1.55. The number of anilines is 1. The number of rotatable bonds is 3. The van der Waals surface area contributed by atoms with Gasteiger partial charge in [-0.1, -0.05) is 19.9 Å². The van der Waals surface area contributed by atoms with Gasteiger partial charge in [-0.3, -0.25) is 4.79 Å². The Labute approximate surface area is 105 Å². The Morgan fingerprint density at radius 1 is 1.35 bits per heavy atom. The van der Waals surface area contributed by atoms with Crippen molar-refractivity contribution in [2.75, 3.05) is 5.73 Å². The topological polar surface area (TPSA) is 48.0 Å². The van der Waals surface area contributed by atoms with Crippen LogP contribution in [-0.2, 0) is 6.54 Å². The molecule has 0 unspecified atom stereocenters. The first-order valence-corrected chi connectivity index (χ1v) is 6.50. The van der Waals surface area contributed by atoms with Crippen LogP contribution in [0.3, 0.4) is 0 Å². The van der Waals surface area contributed by atoms with E-state index in [2.05, 4.69) is 13.8 Å². The highest BCUT2D eigenvalue weighted by Gasteiger charge is 2.10. The van der Waals surface area contributed by atoms with E-state index >= 15 is 0 Å². The molecule has 0 aliphatic heterocycles. The van der Waals surface area contributed by atoms with Gasteiger partial charge in [0.1, 0.15) is 0 Å². The second-order valence-electron chi connectivity index (χ2n) is 4.46. The van der Waals surface area contributed by atoms with Crippen LogP contribution in [0.1, 0.15) is 13.8 Å². The highest BCUT2D eigenvalue weighted by Crippen LogP contribution is 2.24. The molecule has 4 heteroatoms. The van der Waals surface area contributed by atoms with Crippen LogP contribution in [0.15, 0.2) is 34.4 Å². The molecule has 2 heterocycles. The molecule has 2 N–H and O–H groups in total. The van der Waals surface area contributed by atoms with Crippen LogP contribution in [0, 0.1) is 5.92 Å². The maximum Gasteiger partial charge on any atom is 0.274 e. The molecule has 3 nitrogen and oxygen atoms in total. The number of pyridine rings is 1. The molecule has 2 aromatic rings. The van der Waals surface area contributed by atoms with Crippen LogP contribution in [0.4, 0.5) is 5.69 Å². The molecule has 17 heavy (non-hydrogen) atoms. The smallest absolute Gasteiger partial charge is 0.274 e. The highest BCUT2D eigenvalue weighted by atomic mass is 32.1. The Morgan fingerprint density at radius 2 is 2.12 bits per heavy atom. The fraction of sp³-hybridized carbons (Fsp3) is 0.308. The van der Waals surface area contributed by atoms with Crippen LogP contribution < -0.4 is 11.3 Å². The Bertz CT molecular complexity index is 555. The van der Waals surface area contributed by atoms with Crippen LogP contribution in [0.5, 0.6) is 0 Å². The summed E-state index contributed by atoms with van der Waals surface area (Å²) in [5.41, 5.74) is 6.86. The van der Waals surface area contributed by atoms with Crippen LogP contribution >= 0.6 is 11.3 Å². The number of nitrogens with zero attached hydrogens (tertiary/aromatic N) is 1. The summed E-state index contributed by atoms with van der Waals surface area (Å²) in [5.74, 6) is 0.410. The minimum atomic E-state index is -0.0930. The second kappa shape index (κ2) is 4.75. The van der Waals surface area contributed by atoms with Crippen molar-refractivity contribution in [1.29, 1.82) is 0 Å². The molecule has 2 aromatic heterocycles. The minimum absolute atomic E-state index is 0.0930. The van der Waals surface area contributed by atoms with Crippen molar-refractivity contribution in [3.63, 3.8) is 0 Å². The fourth-order valence-electron chi connectivity index (χ4n) is 1.78. The van der Waals surface area contributed by atoms with Gasteiger partial charge in [0.2, 0.25) is 0 Å². The summed E-state index contributed by atoms with van der Waals surface area (Å²) in [5, 5.41) is 2.01. The number of aromatic nitrogens is 1. The van der Waals surface area contributed by atoms with Crippen molar-refractivity contribution >= 4 is 17.0 Å². The standard InChI is InChI=1S/C13H16N2OS/c1-9(2)8-15-11(12-4-3-7-17-12)6-5-10(14)13(15)16/h3-7,9H,8,14H2,1-2H3. The molecular weight excluding hydrogens is 232 g/mol. The fourth-order valence-corrected chi connectivity index (χ4v) is 2.54. The zero-order valence-corrected chi connectivity index (χ0v) is 10.8. The van der Waals surface area contributed by atoms with E-state index in [1.54, 1.807) is 22.0 Å². The van der Waals surface area contributed by atoms with E-state index in [4.69, 9.17) is 5.73 Å². The van der Waals surface area contributed by atoms with Gasteiger partial charge in [-0.05, 0) is 29.5 Å². The number of nitrogens with two attached hydrogens (primary N) is 1. The van der Waals surface area contributed by atoms with E-state index in [9.17, 15) is 4.79 Å². The summed E-state index contributed by atoms with van der Waals surface area (Å²) < 4.78 is 1.77. The second-order valence-corrected chi connectivity index (χ2v) is 5.41. The predicted octanol–water partition coefficient (Wildman–Crippen LogP) is 2.82. The van der Waals surface area contributed by atoms with E-state index in [1.807, 2.05) is 23.6 Å². The van der Waals surface area contributed by atoms with Crippen molar-refractivity contribution in [1.82, 2.24) is 4.57 Å². The molecule has 0 aliphatic carbocycles. The lowest BCUT2D eigenvalue weighted by Gasteiger charge is -2.14. The Kier molecular flexibility index (Phi) is 3.33. The summed E-state index contributed by atoms with van der Waals surface area (Å²) in [6.45, 7) is 4.87. The average molecular weight is 248 g/mol. The van der Waals surface area contributed by atoms with Gasteiger partial charge in [0.15, 0.2) is 0 Å². The molecule has 0 radical (unpaired) electrons. The largest absolute Gasteiger partial charge is 0.394 e. The number of nitrogen functional groups attached to an aromatic ring is 1. The monoisotopic (exact) mass is 248 g/mol. The number of hydrogen-bond donors (Lipinski definition) is 1. The highest BCUT2D eigenvalue weighted by molar-refractivity contribution is 7.13. The van der Waals surface area contributed by atoms with E-state index < -0.39 is 0 Å². The Balaban J connectivity index is 2.59. The van der Waals surface area contributed by atoms with Crippen LogP contribution in [0.2, 0.25) is 0 Å². The molecule has 0 atom stereocenters. The number of thiophene rings is 1.